The van der Waals surface area contributed by atoms with Crippen LogP contribution in [-0.2, 0) is 19.4 Å². The van der Waals surface area contributed by atoms with Gasteiger partial charge in [0.05, 0.1) is 12.2 Å². The van der Waals surface area contributed by atoms with Crippen LogP contribution in [0.15, 0.2) is 46.6 Å². The third-order valence-corrected chi connectivity index (χ3v) is 5.91. The zero-order chi connectivity index (χ0) is 17.0. The molecule has 1 aliphatic rings. The average molecular weight is 347 g/mol. The summed E-state index contributed by atoms with van der Waals surface area (Å²) < 4.78 is 1.66. The van der Waals surface area contributed by atoms with Crippen LogP contribution >= 0.6 is 11.3 Å². The first-order valence-corrected chi connectivity index (χ1v) is 9.33. The van der Waals surface area contributed by atoms with Gasteiger partial charge in [0, 0.05) is 28.2 Å². The molecule has 5 heteroatoms. The van der Waals surface area contributed by atoms with Gasteiger partial charge in [-0.3, -0.25) is 9.20 Å². The van der Waals surface area contributed by atoms with Crippen molar-refractivity contribution in [2.75, 3.05) is 5.32 Å². The molecule has 2 aromatic heterocycles. The Bertz CT molecular complexity index is 1180. The lowest BCUT2D eigenvalue weighted by Gasteiger charge is -2.11. The minimum absolute atomic E-state index is 0.0130. The topological polar surface area (TPSA) is 46.4 Å². The Morgan fingerprint density at radius 3 is 2.92 bits per heavy atom. The molecule has 0 atom stereocenters. The zero-order valence-corrected chi connectivity index (χ0v) is 14.7. The van der Waals surface area contributed by atoms with Gasteiger partial charge in [0.1, 0.15) is 0 Å². The molecule has 0 radical (unpaired) electrons. The second kappa shape index (κ2) is 5.43. The Labute approximate surface area is 148 Å². The normalized spacial score (nSPS) is 13.0. The van der Waals surface area contributed by atoms with Crippen molar-refractivity contribution in [3.63, 3.8) is 0 Å². The van der Waals surface area contributed by atoms with Gasteiger partial charge in [-0.2, -0.15) is 0 Å². The number of fused-ring (bicyclic) bond motifs is 1. The Kier molecular flexibility index (Phi) is 3.18. The standard InChI is InChI=1S/C20H17N3OS/c1-12-11-25-20-22-15(9-18(24)23(12)20)10-21-17-8-7-14-6-5-13-3-2-4-16(17)19(13)14/h2-4,7-9,11,21H,5-6,10H2,1H3. The summed E-state index contributed by atoms with van der Waals surface area (Å²) in [4.78, 5) is 17.7. The minimum atomic E-state index is -0.0130. The van der Waals surface area contributed by atoms with Crippen LogP contribution in [0.25, 0.3) is 15.7 Å². The molecule has 0 unspecified atom stereocenters. The van der Waals surface area contributed by atoms with Crippen LogP contribution in [0.2, 0.25) is 0 Å². The second-order valence-electron chi connectivity index (χ2n) is 6.55. The molecule has 5 rings (SSSR count). The molecular formula is C20H17N3OS. The lowest BCUT2D eigenvalue weighted by Crippen LogP contribution is -2.16. The number of nitrogens with one attached hydrogen (secondary N) is 1. The van der Waals surface area contributed by atoms with E-state index in [2.05, 4.69) is 40.6 Å². The van der Waals surface area contributed by atoms with Gasteiger partial charge in [-0.25, -0.2) is 4.98 Å². The Balaban J connectivity index is 1.51. The van der Waals surface area contributed by atoms with E-state index in [1.807, 2.05) is 12.3 Å². The quantitative estimate of drug-likeness (QED) is 0.611. The Morgan fingerprint density at radius 1 is 1.20 bits per heavy atom. The summed E-state index contributed by atoms with van der Waals surface area (Å²) in [6, 6.07) is 12.5. The number of hydrogen-bond acceptors (Lipinski definition) is 4. The summed E-state index contributed by atoms with van der Waals surface area (Å²) in [6.07, 6.45) is 2.26. The lowest BCUT2D eigenvalue weighted by molar-refractivity contribution is 0.966. The highest BCUT2D eigenvalue weighted by molar-refractivity contribution is 7.15. The van der Waals surface area contributed by atoms with Crippen LogP contribution in [0.4, 0.5) is 5.69 Å². The van der Waals surface area contributed by atoms with Crippen LogP contribution in [-0.4, -0.2) is 9.38 Å². The Morgan fingerprint density at radius 2 is 2.04 bits per heavy atom. The summed E-state index contributed by atoms with van der Waals surface area (Å²) in [5.41, 5.74) is 5.67. The molecular weight excluding hydrogens is 330 g/mol. The van der Waals surface area contributed by atoms with E-state index in [-0.39, 0.29) is 5.56 Å². The van der Waals surface area contributed by atoms with E-state index >= 15 is 0 Å². The van der Waals surface area contributed by atoms with Gasteiger partial charge in [-0.1, -0.05) is 24.3 Å². The maximum Gasteiger partial charge on any atom is 0.259 e. The molecule has 4 aromatic rings. The van der Waals surface area contributed by atoms with E-state index in [0.717, 1.165) is 34.9 Å². The molecule has 25 heavy (non-hydrogen) atoms. The number of nitrogens with zero attached hydrogens (tertiary/aromatic N) is 2. The molecule has 0 bridgehead atoms. The molecule has 0 aliphatic heterocycles. The van der Waals surface area contributed by atoms with E-state index in [9.17, 15) is 4.79 Å². The van der Waals surface area contributed by atoms with Crippen LogP contribution < -0.4 is 10.9 Å². The molecule has 0 amide bonds. The van der Waals surface area contributed by atoms with Crippen LogP contribution in [0, 0.1) is 6.92 Å². The van der Waals surface area contributed by atoms with E-state index in [1.165, 1.54) is 33.2 Å². The van der Waals surface area contributed by atoms with E-state index in [4.69, 9.17) is 0 Å². The molecule has 2 heterocycles. The SMILES string of the molecule is Cc1csc2nc(CNc3ccc4c5c(cccc35)CC4)cc(=O)n12. The number of hydrogen-bond donors (Lipinski definition) is 1. The predicted molar refractivity (Wildman–Crippen MR) is 103 cm³/mol. The lowest BCUT2D eigenvalue weighted by atomic mass is 10.0. The van der Waals surface area contributed by atoms with Crippen molar-refractivity contribution >= 4 is 32.8 Å². The van der Waals surface area contributed by atoms with E-state index in [1.54, 1.807) is 10.5 Å². The molecule has 1 aliphatic carbocycles. The third-order valence-electron chi connectivity index (χ3n) is 4.97. The molecule has 1 N–H and O–H groups in total. The smallest absolute Gasteiger partial charge is 0.259 e. The fourth-order valence-corrected chi connectivity index (χ4v) is 4.67. The van der Waals surface area contributed by atoms with Gasteiger partial charge in [-0.15, -0.1) is 11.3 Å². The molecule has 2 aromatic carbocycles. The van der Waals surface area contributed by atoms with Crippen molar-refractivity contribution < 1.29 is 0 Å². The molecule has 124 valence electrons. The number of thiazole rings is 1. The van der Waals surface area contributed by atoms with Gasteiger partial charge in [0.25, 0.3) is 5.56 Å². The fourth-order valence-electron chi connectivity index (χ4n) is 3.78. The van der Waals surface area contributed by atoms with Crippen LogP contribution in [0.1, 0.15) is 22.5 Å². The number of aromatic nitrogens is 2. The third kappa shape index (κ3) is 2.27. The van der Waals surface area contributed by atoms with E-state index in [0.29, 0.717) is 6.54 Å². The van der Waals surface area contributed by atoms with Crippen LogP contribution in [0.3, 0.4) is 0 Å². The van der Waals surface area contributed by atoms with Crippen molar-refractivity contribution in [3.05, 3.63) is 74.6 Å². The van der Waals surface area contributed by atoms with Gasteiger partial charge < -0.3 is 5.32 Å². The second-order valence-corrected chi connectivity index (χ2v) is 7.38. The van der Waals surface area contributed by atoms with Crippen LogP contribution in [0.5, 0.6) is 0 Å². The first kappa shape index (κ1) is 14.7. The predicted octanol–water partition coefficient (Wildman–Crippen LogP) is 3.93. The summed E-state index contributed by atoms with van der Waals surface area (Å²) in [5.74, 6) is 0. The molecule has 0 saturated carbocycles. The largest absolute Gasteiger partial charge is 0.379 e. The minimum Gasteiger partial charge on any atom is -0.379 e. The highest BCUT2D eigenvalue weighted by atomic mass is 32.1. The number of anilines is 1. The van der Waals surface area contributed by atoms with Gasteiger partial charge >= 0.3 is 0 Å². The summed E-state index contributed by atoms with van der Waals surface area (Å²) >= 11 is 1.50. The zero-order valence-electron chi connectivity index (χ0n) is 13.9. The van der Waals surface area contributed by atoms with Gasteiger partial charge in [0.2, 0.25) is 0 Å². The molecule has 0 fully saturated rings. The van der Waals surface area contributed by atoms with Gasteiger partial charge in [0.15, 0.2) is 4.96 Å². The number of benzene rings is 2. The highest BCUT2D eigenvalue weighted by Crippen LogP contribution is 2.35. The van der Waals surface area contributed by atoms with Crippen molar-refractivity contribution in [2.24, 2.45) is 0 Å². The first-order valence-electron chi connectivity index (χ1n) is 8.45. The van der Waals surface area contributed by atoms with Gasteiger partial charge in [-0.05, 0) is 42.3 Å². The fraction of sp³-hybridized carbons (Fsp3) is 0.200. The van der Waals surface area contributed by atoms with Crippen molar-refractivity contribution in [3.8, 4) is 0 Å². The average Bonchev–Trinajstić information content (AvgIpc) is 3.20. The van der Waals surface area contributed by atoms with Crippen molar-refractivity contribution in [2.45, 2.75) is 26.3 Å². The molecule has 4 nitrogen and oxygen atoms in total. The van der Waals surface area contributed by atoms with Crippen molar-refractivity contribution in [1.29, 1.82) is 0 Å². The summed E-state index contributed by atoms with van der Waals surface area (Å²) in [6.45, 7) is 2.47. The first-order chi connectivity index (χ1) is 12.2. The maximum atomic E-state index is 12.3. The summed E-state index contributed by atoms with van der Waals surface area (Å²) in [7, 11) is 0. The Hall–Kier alpha value is -2.66. The molecule has 0 spiro atoms. The monoisotopic (exact) mass is 347 g/mol. The maximum absolute atomic E-state index is 12.3. The van der Waals surface area contributed by atoms with E-state index < -0.39 is 0 Å². The highest BCUT2D eigenvalue weighted by Gasteiger charge is 2.15. The van der Waals surface area contributed by atoms with Crippen molar-refractivity contribution in [1.82, 2.24) is 9.38 Å². The number of rotatable bonds is 3. The number of aryl methyl sites for hydroxylation is 3. The molecule has 0 saturated heterocycles. The summed E-state index contributed by atoms with van der Waals surface area (Å²) in [5, 5.41) is 8.10.